The molecule has 3 fully saturated rings. The van der Waals surface area contributed by atoms with Gasteiger partial charge in [0, 0.05) is 57.1 Å². The number of hydrogen-bond acceptors (Lipinski definition) is 8. The van der Waals surface area contributed by atoms with Gasteiger partial charge in [0.25, 0.3) is 0 Å². The van der Waals surface area contributed by atoms with E-state index in [9.17, 15) is 9.59 Å². The number of ether oxygens (including phenoxy) is 1. The van der Waals surface area contributed by atoms with E-state index in [0.717, 1.165) is 47.6 Å². The molecule has 0 saturated heterocycles. The monoisotopic (exact) mass is 645 g/mol. The van der Waals surface area contributed by atoms with Crippen molar-refractivity contribution < 1.29 is 19.4 Å². The van der Waals surface area contributed by atoms with E-state index in [-0.39, 0.29) is 31.1 Å². The summed E-state index contributed by atoms with van der Waals surface area (Å²) in [5.74, 6) is 2.60. The van der Waals surface area contributed by atoms with Crippen LogP contribution in [0.15, 0.2) is 48.8 Å². The third kappa shape index (κ3) is 8.07. The molecule has 3 aliphatic carbocycles. The molecule has 6 rings (SSSR count). The Kier molecular flexibility index (Phi) is 10.5. The van der Waals surface area contributed by atoms with E-state index < -0.39 is 6.09 Å². The Morgan fingerprint density at radius 3 is 2.37 bits per heavy atom. The van der Waals surface area contributed by atoms with Gasteiger partial charge in [0.2, 0.25) is 5.91 Å². The third-order valence-electron chi connectivity index (χ3n) is 9.82. The second-order valence-electron chi connectivity index (χ2n) is 13.4. The highest BCUT2D eigenvalue weighted by Crippen LogP contribution is 2.44. The Morgan fingerprint density at radius 1 is 0.935 bits per heavy atom. The first kappa shape index (κ1) is 32.4. The summed E-state index contributed by atoms with van der Waals surface area (Å²) < 4.78 is 5.54. The summed E-state index contributed by atoms with van der Waals surface area (Å²) in [6, 6.07) is 12.8. The molecule has 9 nitrogen and oxygen atoms in total. The molecule has 2 N–H and O–H groups in total. The first-order valence-electron chi connectivity index (χ1n) is 16.9. The average Bonchev–Trinajstić information content (AvgIpc) is 3.82. The molecular formula is C36H47N5O4S. The molecule has 0 spiro atoms. The van der Waals surface area contributed by atoms with Crippen molar-refractivity contribution in [1.82, 2.24) is 15.3 Å². The quantitative estimate of drug-likeness (QED) is 0.238. The average molecular weight is 646 g/mol. The number of nitrogens with zero attached hydrogens (tertiary/aromatic N) is 4. The standard InChI is InChI=1S/C36H47N5O4S/c1-40(2)33-17-14-29(21-38-33)25-8-6-24(7-9-25)23-41(35(43)27-12-15-31(16-13-27)45-36(44)37-18-19-42)30-5-3-4-28(20-30)32-22-39-34(46-32)26-10-11-26/h3-5,14,17,20-22,24-27,31,42H,6-13,15-16,18-19,23H2,1-2H3,(H,37,44). The van der Waals surface area contributed by atoms with Gasteiger partial charge in [-0.2, -0.15) is 0 Å². The third-order valence-corrected chi connectivity index (χ3v) is 11.0. The molecule has 0 radical (unpaired) electrons. The van der Waals surface area contributed by atoms with Crippen LogP contribution >= 0.6 is 11.3 Å². The second-order valence-corrected chi connectivity index (χ2v) is 14.5. The minimum atomic E-state index is -0.504. The van der Waals surface area contributed by atoms with Crippen molar-refractivity contribution in [2.45, 2.75) is 82.1 Å². The highest BCUT2D eigenvalue weighted by molar-refractivity contribution is 7.15. The number of nitrogens with one attached hydrogen (secondary N) is 1. The van der Waals surface area contributed by atoms with Gasteiger partial charge in [0.15, 0.2) is 0 Å². The fourth-order valence-electron chi connectivity index (χ4n) is 6.93. The Hall–Kier alpha value is -3.50. The van der Waals surface area contributed by atoms with Gasteiger partial charge in [-0.05, 0) is 105 Å². The molecule has 2 heterocycles. The van der Waals surface area contributed by atoms with Gasteiger partial charge in [-0.1, -0.05) is 18.2 Å². The van der Waals surface area contributed by atoms with Crippen molar-refractivity contribution in [1.29, 1.82) is 0 Å². The van der Waals surface area contributed by atoms with Crippen LogP contribution in [0.5, 0.6) is 0 Å². The SMILES string of the molecule is CN(C)c1ccc(C2CCC(CN(C(=O)C3CCC(OC(=O)NCCO)CC3)c3cccc(-c4cnc(C5CC5)s4)c3)CC2)cn1. The number of benzene rings is 1. The van der Waals surface area contributed by atoms with Gasteiger partial charge in [-0.3, -0.25) is 4.79 Å². The summed E-state index contributed by atoms with van der Waals surface area (Å²) in [5, 5.41) is 12.7. The molecule has 3 aliphatic rings. The van der Waals surface area contributed by atoms with E-state index in [0.29, 0.717) is 50.0 Å². The highest BCUT2D eigenvalue weighted by atomic mass is 32.1. The number of rotatable bonds is 11. The van der Waals surface area contributed by atoms with Crippen LogP contribution in [0.4, 0.5) is 16.3 Å². The maximum Gasteiger partial charge on any atom is 0.407 e. The number of amides is 2. The number of aliphatic hydroxyl groups excluding tert-OH is 1. The molecule has 3 aromatic rings. The van der Waals surface area contributed by atoms with E-state index in [2.05, 4.69) is 51.6 Å². The van der Waals surface area contributed by atoms with E-state index in [4.69, 9.17) is 14.8 Å². The number of thiazole rings is 1. The molecule has 0 aliphatic heterocycles. The van der Waals surface area contributed by atoms with Crippen LogP contribution in [0.2, 0.25) is 0 Å². The minimum Gasteiger partial charge on any atom is -0.446 e. The number of carbonyl (C=O) groups excluding carboxylic acids is 2. The zero-order valence-electron chi connectivity index (χ0n) is 27.1. The van der Waals surface area contributed by atoms with Crippen molar-refractivity contribution in [3.63, 3.8) is 0 Å². The highest BCUT2D eigenvalue weighted by Gasteiger charge is 2.34. The number of alkyl carbamates (subject to hydrolysis) is 1. The lowest BCUT2D eigenvalue weighted by atomic mass is 9.78. The molecule has 246 valence electrons. The fraction of sp³-hybridized carbons (Fsp3) is 0.556. The first-order chi connectivity index (χ1) is 22.4. The second kappa shape index (κ2) is 14.9. The normalized spacial score (nSPS) is 23.0. The molecule has 46 heavy (non-hydrogen) atoms. The number of carbonyl (C=O) groups is 2. The predicted molar refractivity (Wildman–Crippen MR) is 182 cm³/mol. The Balaban J connectivity index is 1.14. The summed E-state index contributed by atoms with van der Waals surface area (Å²) in [4.78, 5) is 40.9. The van der Waals surface area contributed by atoms with Crippen LogP contribution in [0.1, 0.15) is 86.6 Å². The lowest BCUT2D eigenvalue weighted by molar-refractivity contribution is -0.124. The van der Waals surface area contributed by atoms with Crippen LogP contribution in [-0.4, -0.2) is 67.0 Å². The van der Waals surface area contributed by atoms with Gasteiger partial charge >= 0.3 is 6.09 Å². The fourth-order valence-corrected chi connectivity index (χ4v) is 8.01. The number of hydrogen-bond donors (Lipinski definition) is 2. The van der Waals surface area contributed by atoms with Crippen molar-refractivity contribution in [2.75, 3.05) is 43.6 Å². The molecule has 0 bridgehead atoms. The van der Waals surface area contributed by atoms with Crippen LogP contribution in [0.3, 0.4) is 0 Å². The molecule has 3 saturated carbocycles. The van der Waals surface area contributed by atoms with E-state index >= 15 is 0 Å². The zero-order chi connectivity index (χ0) is 32.0. The zero-order valence-corrected chi connectivity index (χ0v) is 27.9. The molecule has 0 unspecified atom stereocenters. The number of aromatic nitrogens is 2. The van der Waals surface area contributed by atoms with Crippen molar-refractivity contribution in [3.05, 3.63) is 59.4 Å². The van der Waals surface area contributed by atoms with Crippen molar-refractivity contribution in [3.8, 4) is 10.4 Å². The van der Waals surface area contributed by atoms with Crippen molar-refractivity contribution in [2.24, 2.45) is 11.8 Å². The van der Waals surface area contributed by atoms with E-state index in [1.165, 1.54) is 23.4 Å². The number of anilines is 2. The molecule has 2 amide bonds. The van der Waals surface area contributed by atoms with E-state index in [1.807, 2.05) is 31.4 Å². The van der Waals surface area contributed by atoms with Gasteiger partial charge in [-0.25, -0.2) is 14.8 Å². The molecular weight excluding hydrogens is 598 g/mol. The summed E-state index contributed by atoms with van der Waals surface area (Å²) in [5.41, 5.74) is 3.38. The Labute approximate surface area is 276 Å². The van der Waals surface area contributed by atoms with Crippen LogP contribution in [-0.2, 0) is 9.53 Å². The molecule has 2 aromatic heterocycles. The van der Waals surface area contributed by atoms with Gasteiger partial charge < -0.3 is 25.0 Å². The number of aliphatic hydroxyl groups is 1. The lowest BCUT2D eigenvalue weighted by Gasteiger charge is -2.36. The van der Waals surface area contributed by atoms with Crippen LogP contribution in [0, 0.1) is 11.8 Å². The topological polar surface area (TPSA) is 108 Å². The van der Waals surface area contributed by atoms with E-state index in [1.54, 1.807) is 11.3 Å². The van der Waals surface area contributed by atoms with Crippen LogP contribution in [0.25, 0.3) is 10.4 Å². The summed E-state index contributed by atoms with van der Waals surface area (Å²) >= 11 is 1.78. The predicted octanol–water partition coefficient (Wildman–Crippen LogP) is 6.73. The summed E-state index contributed by atoms with van der Waals surface area (Å²) in [7, 11) is 4.02. The first-order valence-corrected chi connectivity index (χ1v) is 17.8. The summed E-state index contributed by atoms with van der Waals surface area (Å²) in [6.45, 7) is 0.759. The Morgan fingerprint density at radius 2 is 1.70 bits per heavy atom. The molecule has 1 aromatic carbocycles. The van der Waals surface area contributed by atoms with Gasteiger partial charge in [-0.15, -0.1) is 11.3 Å². The van der Waals surface area contributed by atoms with Crippen LogP contribution < -0.4 is 15.1 Å². The number of pyridine rings is 1. The summed E-state index contributed by atoms with van der Waals surface area (Å²) in [6.07, 6.45) is 12.8. The molecule has 0 atom stereocenters. The van der Waals surface area contributed by atoms with Crippen molar-refractivity contribution >= 4 is 34.8 Å². The smallest absolute Gasteiger partial charge is 0.407 e. The maximum absolute atomic E-state index is 14.3. The van der Waals surface area contributed by atoms with Gasteiger partial charge in [0.05, 0.1) is 16.5 Å². The largest absolute Gasteiger partial charge is 0.446 e. The van der Waals surface area contributed by atoms with Gasteiger partial charge in [0.1, 0.15) is 11.9 Å². The minimum absolute atomic E-state index is 0.105. The maximum atomic E-state index is 14.3. The lowest BCUT2D eigenvalue weighted by Crippen LogP contribution is -2.42. The Bertz CT molecular complexity index is 1460. The molecule has 10 heteroatoms.